The van der Waals surface area contributed by atoms with Gasteiger partial charge in [0.15, 0.2) is 0 Å². The van der Waals surface area contributed by atoms with E-state index in [0.717, 1.165) is 28.5 Å². The summed E-state index contributed by atoms with van der Waals surface area (Å²) in [6.07, 6.45) is 1.89. The molecule has 16 heavy (non-hydrogen) atoms. The first-order valence-corrected chi connectivity index (χ1v) is 5.98. The largest absolute Gasteiger partial charge is 0.398 e. The molecule has 2 aromatic rings. The highest BCUT2D eigenvalue weighted by Crippen LogP contribution is 2.18. The minimum absolute atomic E-state index is 0.751. The Morgan fingerprint density at radius 2 is 2.19 bits per heavy atom. The summed E-state index contributed by atoms with van der Waals surface area (Å²) in [6.45, 7) is 4.81. The van der Waals surface area contributed by atoms with E-state index in [4.69, 9.17) is 5.73 Å². The van der Waals surface area contributed by atoms with Crippen LogP contribution in [0, 0.1) is 13.8 Å². The summed E-state index contributed by atoms with van der Waals surface area (Å²) >= 11 is 1.71. The summed E-state index contributed by atoms with van der Waals surface area (Å²) in [4.78, 5) is 5.53. The predicted octanol–water partition coefficient (Wildman–Crippen LogP) is 2.95. The smallest absolute Gasteiger partial charge is 0.112 e. The van der Waals surface area contributed by atoms with E-state index < -0.39 is 0 Å². The summed E-state index contributed by atoms with van der Waals surface area (Å²) in [7, 11) is 0. The molecule has 0 bridgehead atoms. The Balaban J connectivity index is 2.02. The lowest BCUT2D eigenvalue weighted by Gasteiger charge is -2.06. The van der Waals surface area contributed by atoms with Gasteiger partial charge < -0.3 is 11.1 Å². The van der Waals surface area contributed by atoms with Gasteiger partial charge in [-0.3, -0.25) is 0 Å². The first kappa shape index (κ1) is 11.0. The number of hydrogen-bond acceptors (Lipinski definition) is 4. The van der Waals surface area contributed by atoms with Crippen molar-refractivity contribution in [1.29, 1.82) is 0 Å². The van der Waals surface area contributed by atoms with Gasteiger partial charge in [-0.1, -0.05) is 6.07 Å². The number of aromatic nitrogens is 1. The average molecular weight is 233 g/mol. The van der Waals surface area contributed by atoms with E-state index >= 15 is 0 Å². The number of nitrogen functional groups attached to an aromatic ring is 1. The molecular formula is C12H15N3S. The molecule has 3 N–H and O–H groups in total. The molecule has 1 aromatic carbocycles. The van der Waals surface area contributed by atoms with Gasteiger partial charge in [0.2, 0.25) is 0 Å². The molecule has 84 valence electrons. The quantitative estimate of drug-likeness (QED) is 0.801. The van der Waals surface area contributed by atoms with Crippen LogP contribution in [-0.4, -0.2) is 4.98 Å². The van der Waals surface area contributed by atoms with Crippen LogP contribution < -0.4 is 11.1 Å². The molecule has 4 heteroatoms. The minimum Gasteiger partial charge on any atom is -0.398 e. The Kier molecular flexibility index (Phi) is 3.10. The Bertz CT molecular complexity index is 491. The molecule has 0 radical (unpaired) electrons. The molecule has 0 aliphatic carbocycles. The molecule has 2 rings (SSSR count). The third-order valence-electron chi connectivity index (χ3n) is 2.39. The summed E-state index contributed by atoms with van der Waals surface area (Å²) in [5.41, 5.74) is 8.81. The maximum absolute atomic E-state index is 5.84. The van der Waals surface area contributed by atoms with Crippen molar-refractivity contribution in [2.75, 3.05) is 11.1 Å². The Morgan fingerprint density at radius 3 is 2.81 bits per heavy atom. The number of nitrogens with zero attached hydrogens (tertiary/aromatic N) is 1. The van der Waals surface area contributed by atoms with Gasteiger partial charge in [0.25, 0.3) is 0 Å². The highest BCUT2D eigenvalue weighted by molar-refractivity contribution is 7.11. The number of nitrogens with one attached hydrogen (secondary N) is 1. The molecule has 1 aromatic heterocycles. The molecule has 0 saturated heterocycles. The third-order valence-corrected chi connectivity index (χ3v) is 3.30. The number of rotatable bonds is 3. The van der Waals surface area contributed by atoms with Crippen molar-refractivity contribution < 1.29 is 0 Å². The standard InChI is InChI=1S/C12H15N3S/c1-8-3-4-10(5-11(8)13)14-7-12-15-6-9(2)16-12/h3-6,14H,7,13H2,1-2H3. The van der Waals surface area contributed by atoms with E-state index in [-0.39, 0.29) is 0 Å². The van der Waals surface area contributed by atoms with Crippen LogP contribution in [-0.2, 0) is 6.54 Å². The van der Waals surface area contributed by atoms with Crippen molar-refractivity contribution in [3.63, 3.8) is 0 Å². The van der Waals surface area contributed by atoms with Gasteiger partial charge in [-0.15, -0.1) is 11.3 Å². The molecule has 0 aliphatic rings. The fourth-order valence-corrected chi connectivity index (χ4v) is 2.14. The second kappa shape index (κ2) is 4.53. The van der Waals surface area contributed by atoms with Crippen molar-refractivity contribution in [3.05, 3.63) is 39.8 Å². The monoisotopic (exact) mass is 233 g/mol. The van der Waals surface area contributed by atoms with Crippen LogP contribution in [0.1, 0.15) is 15.4 Å². The van der Waals surface area contributed by atoms with Crippen molar-refractivity contribution in [2.45, 2.75) is 20.4 Å². The van der Waals surface area contributed by atoms with E-state index in [1.807, 2.05) is 31.3 Å². The molecule has 0 atom stereocenters. The molecule has 3 nitrogen and oxygen atoms in total. The minimum atomic E-state index is 0.751. The molecule has 0 unspecified atom stereocenters. The number of nitrogens with two attached hydrogens (primary N) is 1. The molecular weight excluding hydrogens is 218 g/mol. The lowest BCUT2D eigenvalue weighted by Crippen LogP contribution is -2.00. The van der Waals surface area contributed by atoms with E-state index in [2.05, 4.69) is 17.2 Å². The molecule has 0 saturated carbocycles. The number of thiazole rings is 1. The molecule has 0 aliphatic heterocycles. The van der Waals surface area contributed by atoms with Crippen molar-refractivity contribution in [2.24, 2.45) is 0 Å². The highest BCUT2D eigenvalue weighted by Gasteiger charge is 2.00. The second-order valence-electron chi connectivity index (χ2n) is 3.79. The normalized spacial score (nSPS) is 10.4. The third kappa shape index (κ3) is 2.52. The van der Waals surface area contributed by atoms with Crippen molar-refractivity contribution >= 4 is 22.7 Å². The number of aryl methyl sites for hydroxylation is 2. The summed E-state index contributed by atoms with van der Waals surface area (Å²) < 4.78 is 0. The fraction of sp³-hybridized carbons (Fsp3) is 0.250. The maximum Gasteiger partial charge on any atom is 0.112 e. The van der Waals surface area contributed by atoms with Gasteiger partial charge >= 0.3 is 0 Å². The number of hydrogen-bond donors (Lipinski definition) is 2. The molecule has 0 fully saturated rings. The van der Waals surface area contributed by atoms with Crippen LogP contribution in [0.25, 0.3) is 0 Å². The van der Waals surface area contributed by atoms with Crippen LogP contribution in [0.15, 0.2) is 24.4 Å². The van der Waals surface area contributed by atoms with E-state index in [9.17, 15) is 0 Å². The fourth-order valence-electron chi connectivity index (χ4n) is 1.41. The SMILES string of the molecule is Cc1cnc(CNc2ccc(C)c(N)c2)s1. The Morgan fingerprint density at radius 1 is 1.38 bits per heavy atom. The van der Waals surface area contributed by atoms with Crippen LogP contribution in [0.2, 0.25) is 0 Å². The summed E-state index contributed by atoms with van der Waals surface area (Å²) in [5.74, 6) is 0. The summed E-state index contributed by atoms with van der Waals surface area (Å²) in [6, 6.07) is 6.01. The zero-order chi connectivity index (χ0) is 11.5. The Labute approximate surface area is 99.3 Å². The van der Waals surface area contributed by atoms with Gasteiger partial charge in [0.1, 0.15) is 5.01 Å². The first-order chi connectivity index (χ1) is 7.65. The predicted molar refractivity (Wildman–Crippen MR) is 69.8 cm³/mol. The first-order valence-electron chi connectivity index (χ1n) is 5.16. The van der Waals surface area contributed by atoms with Gasteiger partial charge in [-0.05, 0) is 31.5 Å². The molecule has 1 heterocycles. The average Bonchev–Trinajstić information content (AvgIpc) is 2.66. The highest BCUT2D eigenvalue weighted by atomic mass is 32.1. The molecule has 0 spiro atoms. The number of benzene rings is 1. The van der Waals surface area contributed by atoms with Crippen molar-refractivity contribution in [3.8, 4) is 0 Å². The van der Waals surface area contributed by atoms with Crippen LogP contribution >= 0.6 is 11.3 Å². The Hall–Kier alpha value is -1.55. The number of anilines is 2. The van der Waals surface area contributed by atoms with Gasteiger partial charge in [0, 0.05) is 22.4 Å². The lowest BCUT2D eigenvalue weighted by molar-refractivity contribution is 1.10. The van der Waals surface area contributed by atoms with E-state index in [0.29, 0.717) is 0 Å². The molecule has 0 amide bonds. The van der Waals surface area contributed by atoms with Crippen LogP contribution in [0.5, 0.6) is 0 Å². The van der Waals surface area contributed by atoms with E-state index in [1.54, 1.807) is 11.3 Å². The lowest BCUT2D eigenvalue weighted by atomic mass is 10.2. The van der Waals surface area contributed by atoms with Gasteiger partial charge in [0.05, 0.1) is 6.54 Å². The zero-order valence-corrected chi connectivity index (χ0v) is 10.3. The zero-order valence-electron chi connectivity index (χ0n) is 9.45. The maximum atomic E-state index is 5.84. The second-order valence-corrected chi connectivity index (χ2v) is 5.11. The van der Waals surface area contributed by atoms with Crippen LogP contribution in [0.3, 0.4) is 0 Å². The topological polar surface area (TPSA) is 50.9 Å². The van der Waals surface area contributed by atoms with Gasteiger partial charge in [-0.25, -0.2) is 4.98 Å². The van der Waals surface area contributed by atoms with Crippen LogP contribution in [0.4, 0.5) is 11.4 Å². The summed E-state index contributed by atoms with van der Waals surface area (Å²) in [5, 5.41) is 4.40. The van der Waals surface area contributed by atoms with Crippen molar-refractivity contribution in [1.82, 2.24) is 4.98 Å². The van der Waals surface area contributed by atoms with E-state index in [1.165, 1.54) is 4.88 Å². The van der Waals surface area contributed by atoms with Gasteiger partial charge in [-0.2, -0.15) is 0 Å².